The number of hydrogen-bond acceptors (Lipinski definition) is 4. The summed E-state index contributed by atoms with van der Waals surface area (Å²) in [6, 6.07) is 0. The third-order valence-corrected chi connectivity index (χ3v) is 3.17. The molecule has 84 valence electrons. The average Bonchev–Trinajstić information content (AvgIpc) is 2.68. The maximum Gasteiger partial charge on any atom is 0.198 e. The number of aryl methyl sites for hydroxylation is 2. The highest BCUT2D eigenvalue weighted by molar-refractivity contribution is 9.10. The molecule has 6 heteroatoms. The van der Waals surface area contributed by atoms with Crippen LogP contribution in [0.25, 0.3) is 11.6 Å². The van der Waals surface area contributed by atoms with Crippen molar-refractivity contribution in [3.05, 3.63) is 22.6 Å². The summed E-state index contributed by atoms with van der Waals surface area (Å²) in [4.78, 5) is 12.9. The van der Waals surface area contributed by atoms with Crippen molar-refractivity contribution in [2.45, 2.75) is 13.3 Å². The number of halogens is 1. The van der Waals surface area contributed by atoms with E-state index in [0.717, 1.165) is 16.6 Å². The largest absolute Gasteiger partial charge is 0.383 e. The fraction of sp³-hybridized carbons (Fsp3) is 0.300. The Morgan fingerprint density at radius 3 is 2.75 bits per heavy atom. The van der Waals surface area contributed by atoms with Crippen molar-refractivity contribution in [3.63, 3.8) is 0 Å². The Morgan fingerprint density at radius 1 is 1.44 bits per heavy atom. The van der Waals surface area contributed by atoms with Gasteiger partial charge in [-0.2, -0.15) is 0 Å². The first-order chi connectivity index (χ1) is 7.63. The van der Waals surface area contributed by atoms with Crippen LogP contribution in [0.5, 0.6) is 0 Å². The molecular formula is C10H12BrN5. The normalized spacial score (nSPS) is 10.7. The summed E-state index contributed by atoms with van der Waals surface area (Å²) in [5.74, 6) is 1.73. The lowest BCUT2D eigenvalue weighted by atomic mass is 10.3. The van der Waals surface area contributed by atoms with E-state index in [2.05, 4.69) is 30.9 Å². The summed E-state index contributed by atoms with van der Waals surface area (Å²) in [5.41, 5.74) is 6.71. The van der Waals surface area contributed by atoms with Gasteiger partial charge in [-0.15, -0.1) is 0 Å². The Kier molecular flexibility index (Phi) is 2.91. The first kappa shape index (κ1) is 11.1. The lowest BCUT2D eigenvalue weighted by molar-refractivity contribution is 0.894. The van der Waals surface area contributed by atoms with Crippen LogP contribution >= 0.6 is 15.9 Å². The third kappa shape index (κ3) is 1.80. The molecule has 5 nitrogen and oxygen atoms in total. The smallest absolute Gasteiger partial charge is 0.198 e. The van der Waals surface area contributed by atoms with Gasteiger partial charge in [0.25, 0.3) is 0 Å². The summed E-state index contributed by atoms with van der Waals surface area (Å²) in [6.07, 6.45) is 4.36. The molecule has 0 saturated heterocycles. The van der Waals surface area contributed by atoms with Crippen LogP contribution in [0.2, 0.25) is 0 Å². The fourth-order valence-electron chi connectivity index (χ4n) is 1.43. The first-order valence-electron chi connectivity index (χ1n) is 4.93. The number of hydrogen-bond donors (Lipinski definition) is 1. The van der Waals surface area contributed by atoms with E-state index in [0.29, 0.717) is 17.5 Å². The van der Waals surface area contributed by atoms with Gasteiger partial charge in [-0.1, -0.05) is 6.92 Å². The lowest BCUT2D eigenvalue weighted by Crippen LogP contribution is -2.04. The molecule has 2 heterocycles. The molecule has 0 fully saturated rings. The van der Waals surface area contributed by atoms with Crippen molar-refractivity contribution in [1.29, 1.82) is 0 Å². The maximum absolute atomic E-state index is 5.82. The molecule has 0 atom stereocenters. The molecule has 2 aromatic heterocycles. The first-order valence-corrected chi connectivity index (χ1v) is 5.72. The Bertz CT molecular complexity index is 520. The van der Waals surface area contributed by atoms with E-state index >= 15 is 0 Å². The van der Waals surface area contributed by atoms with Gasteiger partial charge in [0, 0.05) is 19.4 Å². The van der Waals surface area contributed by atoms with E-state index < -0.39 is 0 Å². The minimum Gasteiger partial charge on any atom is -0.383 e. The van der Waals surface area contributed by atoms with Gasteiger partial charge < -0.3 is 10.3 Å². The van der Waals surface area contributed by atoms with Gasteiger partial charge in [-0.25, -0.2) is 15.0 Å². The molecule has 0 radical (unpaired) electrons. The number of nitrogens with zero attached hydrogens (tertiary/aromatic N) is 4. The minimum atomic E-state index is 0.449. The topological polar surface area (TPSA) is 69.6 Å². The molecule has 0 aliphatic heterocycles. The summed E-state index contributed by atoms with van der Waals surface area (Å²) in [7, 11) is 1.90. The molecule has 0 bridgehead atoms. The zero-order valence-corrected chi connectivity index (χ0v) is 10.7. The predicted octanol–water partition coefficient (Wildman–Crippen LogP) is 1.78. The maximum atomic E-state index is 5.82. The van der Waals surface area contributed by atoms with Crippen LogP contribution < -0.4 is 5.73 Å². The van der Waals surface area contributed by atoms with Crippen molar-refractivity contribution in [2.24, 2.45) is 7.05 Å². The van der Waals surface area contributed by atoms with E-state index in [-0.39, 0.29) is 0 Å². The fourth-order valence-corrected chi connectivity index (χ4v) is 1.89. The van der Waals surface area contributed by atoms with Crippen LogP contribution in [0.1, 0.15) is 12.6 Å². The molecule has 0 amide bonds. The van der Waals surface area contributed by atoms with Crippen LogP contribution in [-0.2, 0) is 13.5 Å². The predicted molar refractivity (Wildman–Crippen MR) is 65.7 cm³/mol. The molecule has 0 saturated carbocycles. The van der Waals surface area contributed by atoms with Crippen LogP contribution in [0.4, 0.5) is 5.82 Å². The molecule has 2 aromatic rings. The Morgan fingerprint density at radius 2 is 2.19 bits per heavy atom. The van der Waals surface area contributed by atoms with Crippen LogP contribution in [-0.4, -0.2) is 19.5 Å². The van der Waals surface area contributed by atoms with E-state index in [1.54, 1.807) is 6.20 Å². The second-order valence-electron chi connectivity index (χ2n) is 3.41. The molecular weight excluding hydrogens is 270 g/mol. The zero-order valence-electron chi connectivity index (χ0n) is 9.11. The Hall–Kier alpha value is -1.43. The quantitative estimate of drug-likeness (QED) is 0.911. The molecule has 0 aromatic carbocycles. The van der Waals surface area contributed by atoms with Crippen LogP contribution in [0, 0.1) is 0 Å². The number of anilines is 1. The van der Waals surface area contributed by atoms with Gasteiger partial charge in [-0.3, -0.25) is 0 Å². The van der Waals surface area contributed by atoms with Gasteiger partial charge >= 0.3 is 0 Å². The summed E-state index contributed by atoms with van der Waals surface area (Å²) in [5, 5.41) is 0. The standard InChI is InChI=1S/C10H12BrN5/c1-3-6-7(11)8(12)15-9(14-6)10-13-4-5-16(10)2/h4-5H,3H2,1-2H3,(H2,12,14,15). The summed E-state index contributed by atoms with van der Waals surface area (Å²) < 4.78 is 2.63. The second-order valence-corrected chi connectivity index (χ2v) is 4.20. The van der Waals surface area contributed by atoms with Gasteiger partial charge in [-0.05, 0) is 22.4 Å². The van der Waals surface area contributed by atoms with Gasteiger partial charge in [0.2, 0.25) is 0 Å². The highest BCUT2D eigenvalue weighted by Gasteiger charge is 2.12. The van der Waals surface area contributed by atoms with Crippen molar-refractivity contribution in [3.8, 4) is 11.6 Å². The van der Waals surface area contributed by atoms with Crippen LogP contribution in [0.3, 0.4) is 0 Å². The molecule has 0 unspecified atom stereocenters. The van der Waals surface area contributed by atoms with Crippen LogP contribution in [0.15, 0.2) is 16.9 Å². The SMILES string of the molecule is CCc1nc(-c2nccn2C)nc(N)c1Br. The minimum absolute atomic E-state index is 0.449. The van der Waals surface area contributed by atoms with Crippen molar-refractivity contribution in [1.82, 2.24) is 19.5 Å². The van der Waals surface area contributed by atoms with Crippen molar-refractivity contribution >= 4 is 21.7 Å². The number of rotatable bonds is 2. The third-order valence-electron chi connectivity index (χ3n) is 2.30. The van der Waals surface area contributed by atoms with E-state index in [1.165, 1.54) is 0 Å². The summed E-state index contributed by atoms with van der Waals surface area (Å²) >= 11 is 3.38. The van der Waals surface area contributed by atoms with Gasteiger partial charge in [0.05, 0.1) is 10.2 Å². The van der Waals surface area contributed by atoms with Gasteiger partial charge in [0.1, 0.15) is 5.82 Å². The van der Waals surface area contributed by atoms with Gasteiger partial charge in [0.15, 0.2) is 11.6 Å². The average molecular weight is 282 g/mol. The molecule has 16 heavy (non-hydrogen) atoms. The molecule has 2 N–H and O–H groups in total. The monoisotopic (exact) mass is 281 g/mol. The number of nitrogens with two attached hydrogens (primary N) is 1. The molecule has 0 aliphatic rings. The highest BCUT2D eigenvalue weighted by atomic mass is 79.9. The summed E-state index contributed by atoms with van der Waals surface area (Å²) in [6.45, 7) is 2.02. The molecule has 0 spiro atoms. The molecule has 2 rings (SSSR count). The number of nitrogen functional groups attached to an aromatic ring is 1. The zero-order chi connectivity index (χ0) is 11.7. The molecule has 0 aliphatic carbocycles. The number of aromatic nitrogens is 4. The lowest BCUT2D eigenvalue weighted by Gasteiger charge is -2.07. The van der Waals surface area contributed by atoms with E-state index in [1.807, 2.05) is 24.7 Å². The van der Waals surface area contributed by atoms with E-state index in [9.17, 15) is 0 Å². The van der Waals surface area contributed by atoms with Crippen molar-refractivity contribution in [2.75, 3.05) is 5.73 Å². The van der Waals surface area contributed by atoms with E-state index in [4.69, 9.17) is 5.73 Å². The Balaban J connectivity index is 2.59. The highest BCUT2D eigenvalue weighted by Crippen LogP contribution is 2.24. The van der Waals surface area contributed by atoms with Crippen molar-refractivity contribution < 1.29 is 0 Å². The number of imidazole rings is 1. The Labute approximate surface area is 102 Å². The second kappa shape index (κ2) is 4.21.